The van der Waals surface area contributed by atoms with Crippen LogP contribution in [0.3, 0.4) is 0 Å². The van der Waals surface area contributed by atoms with Gasteiger partial charge in [-0.15, -0.1) is 0 Å². The molecule has 25 heavy (non-hydrogen) atoms. The van der Waals surface area contributed by atoms with Gasteiger partial charge in [0.25, 0.3) is 5.69 Å². The molecule has 2 atom stereocenters. The molecule has 0 saturated heterocycles. The highest BCUT2D eigenvalue weighted by atomic mass is 35.5. The van der Waals surface area contributed by atoms with Crippen LogP contribution in [0.2, 0.25) is 5.02 Å². The van der Waals surface area contributed by atoms with Crippen LogP contribution in [0.4, 0.5) is 11.4 Å². The minimum atomic E-state index is -0.579. The van der Waals surface area contributed by atoms with Crippen LogP contribution in [0, 0.1) is 10.1 Å². The molecule has 0 bridgehead atoms. The van der Waals surface area contributed by atoms with Gasteiger partial charge in [0.1, 0.15) is 11.1 Å². The topological polar surface area (TPSA) is 84.3 Å². The Kier molecular flexibility index (Phi) is 6.50. The van der Waals surface area contributed by atoms with Gasteiger partial charge in [0.2, 0.25) is 5.91 Å². The molecule has 0 fully saturated rings. The van der Waals surface area contributed by atoms with E-state index >= 15 is 0 Å². The minimum Gasteiger partial charge on any atom is -0.324 e. The van der Waals surface area contributed by atoms with Gasteiger partial charge in [-0.05, 0) is 31.0 Å². The Balaban J connectivity index is 2.25. The summed E-state index contributed by atoms with van der Waals surface area (Å²) in [6, 6.07) is 13.1. The average Bonchev–Trinajstić information content (AvgIpc) is 2.61. The second kappa shape index (κ2) is 8.60. The SMILES string of the molecule is CC[C@@H](C)N[C@H](C(=O)Nc1ccc(Cl)c([N+](=O)[O-])c1)c1ccccc1. The first-order valence-electron chi connectivity index (χ1n) is 7.98. The molecule has 2 aromatic rings. The molecule has 0 saturated carbocycles. The molecule has 0 spiro atoms. The lowest BCUT2D eigenvalue weighted by atomic mass is 10.0. The predicted molar refractivity (Wildman–Crippen MR) is 98.8 cm³/mol. The van der Waals surface area contributed by atoms with E-state index in [1.807, 2.05) is 44.2 Å². The number of hydrogen-bond donors (Lipinski definition) is 2. The molecule has 0 aromatic heterocycles. The Morgan fingerprint density at radius 1 is 1.24 bits per heavy atom. The number of carbonyl (C=O) groups excluding carboxylic acids is 1. The fraction of sp³-hybridized carbons (Fsp3) is 0.278. The molecule has 0 heterocycles. The quantitative estimate of drug-likeness (QED) is 0.568. The molecule has 0 aliphatic carbocycles. The molecule has 132 valence electrons. The van der Waals surface area contributed by atoms with Crippen molar-refractivity contribution in [2.24, 2.45) is 0 Å². The fourth-order valence-electron chi connectivity index (χ4n) is 2.32. The van der Waals surface area contributed by atoms with Crippen LogP contribution in [0.25, 0.3) is 0 Å². The van der Waals surface area contributed by atoms with Crippen LogP contribution in [0.15, 0.2) is 48.5 Å². The monoisotopic (exact) mass is 361 g/mol. The van der Waals surface area contributed by atoms with Crippen molar-refractivity contribution < 1.29 is 9.72 Å². The molecule has 0 aliphatic heterocycles. The molecular weight excluding hydrogens is 342 g/mol. The molecular formula is C18H20ClN3O3. The summed E-state index contributed by atoms with van der Waals surface area (Å²) in [6.45, 7) is 4.02. The number of halogens is 1. The summed E-state index contributed by atoms with van der Waals surface area (Å²) < 4.78 is 0. The van der Waals surface area contributed by atoms with Crippen LogP contribution in [-0.2, 0) is 4.79 Å². The van der Waals surface area contributed by atoms with E-state index in [2.05, 4.69) is 10.6 Å². The van der Waals surface area contributed by atoms with Crippen molar-refractivity contribution in [1.29, 1.82) is 0 Å². The van der Waals surface area contributed by atoms with E-state index in [0.717, 1.165) is 12.0 Å². The lowest BCUT2D eigenvalue weighted by Gasteiger charge is -2.22. The standard InChI is InChI=1S/C18H20ClN3O3/c1-3-12(2)20-17(13-7-5-4-6-8-13)18(23)21-14-9-10-15(19)16(11-14)22(24)25/h4-12,17,20H,3H2,1-2H3,(H,21,23)/t12-,17+/m1/s1. The van der Waals surface area contributed by atoms with Crippen molar-refractivity contribution in [1.82, 2.24) is 5.32 Å². The summed E-state index contributed by atoms with van der Waals surface area (Å²) in [5.41, 5.74) is 0.905. The van der Waals surface area contributed by atoms with E-state index < -0.39 is 11.0 Å². The highest BCUT2D eigenvalue weighted by Gasteiger charge is 2.23. The summed E-state index contributed by atoms with van der Waals surface area (Å²) in [5, 5.41) is 17.0. The highest BCUT2D eigenvalue weighted by molar-refractivity contribution is 6.32. The van der Waals surface area contributed by atoms with Crippen molar-refractivity contribution in [3.63, 3.8) is 0 Å². The lowest BCUT2D eigenvalue weighted by Crippen LogP contribution is -2.38. The van der Waals surface area contributed by atoms with Crippen molar-refractivity contribution in [3.05, 3.63) is 69.2 Å². The number of nitro groups is 1. The molecule has 0 aliphatic rings. The zero-order valence-electron chi connectivity index (χ0n) is 14.0. The van der Waals surface area contributed by atoms with Gasteiger partial charge in [-0.1, -0.05) is 48.9 Å². The van der Waals surface area contributed by atoms with Crippen LogP contribution in [-0.4, -0.2) is 16.9 Å². The van der Waals surface area contributed by atoms with Crippen LogP contribution in [0.5, 0.6) is 0 Å². The number of nitrogens with zero attached hydrogens (tertiary/aromatic N) is 1. The van der Waals surface area contributed by atoms with Gasteiger partial charge in [0, 0.05) is 17.8 Å². The highest BCUT2D eigenvalue weighted by Crippen LogP contribution is 2.28. The maximum absolute atomic E-state index is 12.8. The summed E-state index contributed by atoms with van der Waals surface area (Å²) in [4.78, 5) is 23.2. The van der Waals surface area contributed by atoms with E-state index in [1.54, 1.807) is 6.07 Å². The van der Waals surface area contributed by atoms with Crippen molar-refractivity contribution >= 4 is 28.9 Å². The van der Waals surface area contributed by atoms with Gasteiger partial charge in [0.15, 0.2) is 0 Å². The van der Waals surface area contributed by atoms with E-state index in [4.69, 9.17) is 11.6 Å². The number of carbonyl (C=O) groups is 1. The molecule has 1 amide bonds. The second-order valence-electron chi connectivity index (χ2n) is 5.73. The van der Waals surface area contributed by atoms with Gasteiger partial charge >= 0.3 is 0 Å². The molecule has 2 aromatic carbocycles. The minimum absolute atomic E-state index is 0.0281. The second-order valence-corrected chi connectivity index (χ2v) is 6.14. The first-order valence-corrected chi connectivity index (χ1v) is 8.36. The first-order chi connectivity index (χ1) is 11.9. The lowest BCUT2D eigenvalue weighted by molar-refractivity contribution is -0.384. The fourth-order valence-corrected chi connectivity index (χ4v) is 2.50. The molecule has 2 N–H and O–H groups in total. The Morgan fingerprint density at radius 2 is 1.92 bits per heavy atom. The van der Waals surface area contributed by atoms with Gasteiger partial charge in [-0.25, -0.2) is 0 Å². The van der Waals surface area contributed by atoms with E-state index in [1.165, 1.54) is 12.1 Å². The Hall–Kier alpha value is -2.44. The van der Waals surface area contributed by atoms with E-state index in [9.17, 15) is 14.9 Å². The van der Waals surface area contributed by atoms with Gasteiger partial charge < -0.3 is 5.32 Å². The summed E-state index contributed by atoms with van der Waals surface area (Å²) in [7, 11) is 0. The van der Waals surface area contributed by atoms with Crippen LogP contribution in [0.1, 0.15) is 31.9 Å². The maximum Gasteiger partial charge on any atom is 0.289 e. The molecule has 0 radical (unpaired) electrons. The number of benzene rings is 2. The number of nitrogens with one attached hydrogen (secondary N) is 2. The number of nitro benzene ring substituents is 1. The Bertz CT molecular complexity index is 752. The van der Waals surface area contributed by atoms with E-state index in [-0.39, 0.29) is 22.7 Å². The third kappa shape index (κ3) is 5.01. The van der Waals surface area contributed by atoms with Gasteiger partial charge in [-0.3, -0.25) is 20.2 Å². The molecule has 7 heteroatoms. The van der Waals surface area contributed by atoms with Gasteiger partial charge in [0.05, 0.1) is 4.92 Å². The van der Waals surface area contributed by atoms with Crippen molar-refractivity contribution in [3.8, 4) is 0 Å². The normalized spacial score (nSPS) is 13.1. The number of hydrogen-bond acceptors (Lipinski definition) is 4. The summed E-state index contributed by atoms with van der Waals surface area (Å²) in [6.07, 6.45) is 0.864. The van der Waals surface area contributed by atoms with Crippen molar-refractivity contribution in [2.45, 2.75) is 32.4 Å². The number of rotatable bonds is 7. The third-order valence-electron chi connectivity index (χ3n) is 3.87. The van der Waals surface area contributed by atoms with Crippen LogP contribution >= 0.6 is 11.6 Å². The van der Waals surface area contributed by atoms with Crippen LogP contribution < -0.4 is 10.6 Å². The zero-order chi connectivity index (χ0) is 18.4. The van der Waals surface area contributed by atoms with E-state index in [0.29, 0.717) is 5.69 Å². The summed E-state index contributed by atoms with van der Waals surface area (Å²) in [5.74, 6) is -0.289. The van der Waals surface area contributed by atoms with Gasteiger partial charge in [-0.2, -0.15) is 0 Å². The average molecular weight is 362 g/mol. The predicted octanol–water partition coefficient (Wildman–Crippen LogP) is 4.32. The summed E-state index contributed by atoms with van der Waals surface area (Å²) >= 11 is 5.81. The first kappa shape index (κ1) is 18.9. The smallest absolute Gasteiger partial charge is 0.289 e. The Labute approximate surface area is 151 Å². The largest absolute Gasteiger partial charge is 0.324 e. The van der Waals surface area contributed by atoms with Crippen molar-refractivity contribution in [2.75, 3.05) is 5.32 Å². The maximum atomic E-state index is 12.8. The number of amides is 1. The zero-order valence-corrected chi connectivity index (χ0v) is 14.8. The Morgan fingerprint density at radius 3 is 2.52 bits per heavy atom. The number of anilines is 1. The third-order valence-corrected chi connectivity index (χ3v) is 4.19. The molecule has 0 unspecified atom stereocenters. The molecule has 6 nitrogen and oxygen atoms in total. The molecule has 2 rings (SSSR count).